The van der Waals surface area contributed by atoms with E-state index in [0.717, 1.165) is 19.3 Å². The number of rotatable bonds is 6. The van der Waals surface area contributed by atoms with Crippen molar-refractivity contribution in [3.05, 3.63) is 0 Å². The minimum Gasteiger partial charge on any atom is -0.463 e. The summed E-state index contributed by atoms with van der Waals surface area (Å²) in [4.78, 5) is 34.0. The third kappa shape index (κ3) is 4.17. The van der Waals surface area contributed by atoms with Gasteiger partial charge in [-0.15, -0.1) is 0 Å². The molecule has 0 aromatic rings. The molecule has 1 saturated carbocycles. The molecule has 0 radical (unpaired) electrons. The monoisotopic (exact) mass is 242 g/mol. The van der Waals surface area contributed by atoms with E-state index >= 15 is 0 Å². The van der Waals surface area contributed by atoms with Gasteiger partial charge < -0.3 is 9.47 Å². The third-order valence-corrected chi connectivity index (χ3v) is 2.80. The normalized spacial score (nSPS) is 16.8. The second-order valence-corrected chi connectivity index (χ2v) is 4.23. The maximum Gasteiger partial charge on any atom is 0.355 e. The van der Waals surface area contributed by atoms with Gasteiger partial charge in [0, 0.05) is 6.42 Å². The second-order valence-electron chi connectivity index (χ2n) is 4.23. The summed E-state index contributed by atoms with van der Waals surface area (Å²) in [6.07, 6.45) is 2.04. The summed E-state index contributed by atoms with van der Waals surface area (Å²) in [5.74, 6) is -1.45. The fourth-order valence-electron chi connectivity index (χ4n) is 1.63. The second kappa shape index (κ2) is 6.37. The molecule has 1 aliphatic carbocycles. The van der Waals surface area contributed by atoms with Crippen molar-refractivity contribution >= 4 is 17.7 Å². The smallest absolute Gasteiger partial charge is 0.355 e. The Hall–Kier alpha value is -1.39. The lowest BCUT2D eigenvalue weighted by atomic mass is 9.83. The molecular weight excluding hydrogens is 224 g/mol. The van der Waals surface area contributed by atoms with Crippen LogP contribution in [-0.4, -0.2) is 30.4 Å². The molecule has 0 saturated heterocycles. The molecule has 1 fully saturated rings. The van der Waals surface area contributed by atoms with E-state index in [2.05, 4.69) is 4.74 Å². The quantitative estimate of drug-likeness (QED) is 0.517. The molecule has 0 aromatic heterocycles. The van der Waals surface area contributed by atoms with E-state index in [9.17, 15) is 14.4 Å². The summed E-state index contributed by atoms with van der Waals surface area (Å²) in [5.41, 5.74) is 0. The van der Waals surface area contributed by atoms with Gasteiger partial charge in [0.15, 0.2) is 5.78 Å². The van der Waals surface area contributed by atoms with E-state index in [1.54, 1.807) is 6.92 Å². The van der Waals surface area contributed by atoms with Crippen molar-refractivity contribution in [3.63, 3.8) is 0 Å². The SMILES string of the molecule is CCOC(=O)C(OC(=O)CC1CCC1)C(C)=O. The molecule has 1 aliphatic rings. The number of ether oxygens (including phenoxy) is 2. The number of hydrogen-bond donors (Lipinski definition) is 0. The predicted molar refractivity (Wildman–Crippen MR) is 59.2 cm³/mol. The van der Waals surface area contributed by atoms with Crippen molar-refractivity contribution in [3.8, 4) is 0 Å². The Morgan fingerprint density at radius 3 is 2.35 bits per heavy atom. The number of Topliss-reactive ketones (excluding diaryl/α,β-unsaturated/α-hetero) is 1. The van der Waals surface area contributed by atoms with Crippen LogP contribution in [0.25, 0.3) is 0 Å². The maximum atomic E-state index is 11.5. The molecule has 5 heteroatoms. The van der Waals surface area contributed by atoms with Crippen molar-refractivity contribution in [2.45, 2.75) is 45.6 Å². The van der Waals surface area contributed by atoms with Crippen LogP contribution in [0, 0.1) is 5.92 Å². The highest BCUT2D eigenvalue weighted by molar-refractivity contribution is 6.02. The highest BCUT2D eigenvalue weighted by Crippen LogP contribution is 2.29. The van der Waals surface area contributed by atoms with Crippen LogP contribution in [0.4, 0.5) is 0 Å². The van der Waals surface area contributed by atoms with Crippen LogP contribution in [0.3, 0.4) is 0 Å². The van der Waals surface area contributed by atoms with Crippen molar-refractivity contribution in [2.24, 2.45) is 5.92 Å². The van der Waals surface area contributed by atoms with Crippen LogP contribution in [0.5, 0.6) is 0 Å². The van der Waals surface area contributed by atoms with Gasteiger partial charge in [0.1, 0.15) is 0 Å². The van der Waals surface area contributed by atoms with Gasteiger partial charge in [-0.05, 0) is 32.6 Å². The van der Waals surface area contributed by atoms with Crippen molar-refractivity contribution in [1.82, 2.24) is 0 Å². The lowest BCUT2D eigenvalue weighted by Gasteiger charge is -2.24. The Labute approximate surface area is 100 Å². The third-order valence-electron chi connectivity index (χ3n) is 2.80. The van der Waals surface area contributed by atoms with Gasteiger partial charge in [-0.1, -0.05) is 6.42 Å². The number of ketones is 1. The minimum absolute atomic E-state index is 0.156. The topological polar surface area (TPSA) is 69.7 Å². The first-order valence-corrected chi connectivity index (χ1v) is 5.91. The molecule has 0 N–H and O–H groups in total. The molecule has 0 spiro atoms. The van der Waals surface area contributed by atoms with Crippen LogP contribution >= 0.6 is 0 Å². The summed E-state index contributed by atoms with van der Waals surface area (Å²) in [5, 5.41) is 0. The van der Waals surface area contributed by atoms with Gasteiger partial charge in [0.05, 0.1) is 6.61 Å². The fraction of sp³-hybridized carbons (Fsp3) is 0.750. The lowest BCUT2D eigenvalue weighted by molar-refractivity contribution is -0.171. The molecular formula is C12H18O5. The molecule has 96 valence electrons. The molecule has 0 aliphatic heterocycles. The van der Waals surface area contributed by atoms with Crippen LogP contribution < -0.4 is 0 Å². The Kier molecular flexibility index (Phi) is 5.12. The highest BCUT2D eigenvalue weighted by atomic mass is 16.6. The van der Waals surface area contributed by atoms with E-state index in [0.29, 0.717) is 5.92 Å². The Morgan fingerprint density at radius 1 is 1.29 bits per heavy atom. The molecule has 0 amide bonds. The summed E-state index contributed by atoms with van der Waals surface area (Å²) in [6.45, 7) is 2.99. The van der Waals surface area contributed by atoms with Gasteiger partial charge in [0.2, 0.25) is 0 Å². The average Bonchev–Trinajstić information content (AvgIpc) is 2.20. The maximum absolute atomic E-state index is 11.5. The van der Waals surface area contributed by atoms with Crippen LogP contribution in [-0.2, 0) is 23.9 Å². The standard InChI is InChI=1S/C12H18O5/c1-3-16-12(15)11(8(2)13)17-10(14)7-9-5-4-6-9/h9,11H,3-7H2,1-2H3. The molecule has 0 aromatic carbocycles. The molecule has 0 heterocycles. The summed E-state index contributed by atoms with van der Waals surface area (Å²) in [6, 6.07) is 0. The molecule has 1 unspecified atom stereocenters. The molecule has 1 atom stereocenters. The molecule has 5 nitrogen and oxygen atoms in total. The van der Waals surface area contributed by atoms with E-state index < -0.39 is 23.8 Å². The van der Waals surface area contributed by atoms with Gasteiger partial charge in [-0.25, -0.2) is 4.79 Å². The van der Waals surface area contributed by atoms with E-state index in [1.165, 1.54) is 6.92 Å². The Morgan fingerprint density at radius 2 is 1.94 bits per heavy atom. The Bertz CT molecular complexity index is 306. The summed E-state index contributed by atoms with van der Waals surface area (Å²) < 4.78 is 9.54. The number of hydrogen-bond acceptors (Lipinski definition) is 5. The number of carbonyl (C=O) groups excluding carboxylic acids is 3. The number of esters is 2. The lowest BCUT2D eigenvalue weighted by Crippen LogP contribution is -2.35. The zero-order valence-corrected chi connectivity index (χ0v) is 10.2. The van der Waals surface area contributed by atoms with Crippen LogP contribution in [0.1, 0.15) is 39.5 Å². The first-order valence-electron chi connectivity index (χ1n) is 5.91. The van der Waals surface area contributed by atoms with Crippen LogP contribution in [0.2, 0.25) is 0 Å². The number of carbonyl (C=O) groups is 3. The summed E-state index contributed by atoms with van der Waals surface area (Å²) in [7, 11) is 0. The van der Waals surface area contributed by atoms with Gasteiger partial charge >= 0.3 is 11.9 Å². The minimum atomic E-state index is -1.40. The van der Waals surface area contributed by atoms with Crippen molar-refractivity contribution < 1.29 is 23.9 Å². The van der Waals surface area contributed by atoms with Gasteiger partial charge in [-0.2, -0.15) is 0 Å². The predicted octanol–water partition coefficient (Wildman–Crippen LogP) is 1.24. The Balaban J connectivity index is 2.44. The fourth-order valence-corrected chi connectivity index (χ4v) is 1.63. The van der Waals surface area contributed by atoms with Gasteiger partial charge in [-0.3, -0.25) is 9.59 Å². The van der Waals surface area contributed by atoms with E-state index in [-0.39, 0.29) is 13.0 Å². The van der Waals surface area contributed by atoms with E-state index in [4.69, 9.17) is 4.74 Å². The van der Waals surface area contributed by atoms with Crippen molar-refractivity contribution in [1.29, 1.82) is 0 Å². The molecule has 1 rings (SSSR count). The van der Waals surface area contributed by atoms with Gasteiger partial charge in [0.25, 0.3) is 6.10 Å². The summed E-state index contributed by atoms with van der Waals surface area (Å²) >= 11 is 0. The molecule has 0 bridgehead atoms. The average molecular weight is 242 g/mol. The zero-order valence-electron chi connectivity index (χ0n) is 10.2. The first kappa shape index (κ1) is 13.7. The first-order chi connectivity index (χ1) is 8.04. The largest absolute Gasteiger partial charge is 0.463 e. The van der Waals surface area contributed by atoms with E-state index in [1.807, 2.05) is 0 Å². The van der Waals surface area contributed by atoms with Crippen molar-refractivity contribution in [2.75, 3.05) is 6.61 Å². The zero-order chi connectivity index (χ0) is 12.8. The van der Waals surface area contributed by atoms with Crippen LogP contribution in [0.15, 0.2) is 0 Å². The highest BCUT2D eigenvalue weighted by Gasteiger charge is 2.30. The molecule has 17 heavy (non-hydrogen) atoms.